The van der Waals surface area contributed by atoms with E-state index in [2.05, 4.69) is 135 Å². The van der Waals surface area contributed by atoms with Gasteiger partial charge in [-0.3, -0.25) is 0 Å². The molecule has 0 spiro atoms. The summed E-state index contributed by atoms with van der Waals surface area (Å²) in [6.07, 6.45) is 0.832. The van der Waals surface area contributed by atoms with E-state index in [-0.39, 0.29) is 12.8 Å². The Labute approximate surface area is 276 Å². The number of rotatable bonds is 4. The molecule has 6 aromatic carbocycles. The molecule has 226 valence electrons. The molecular weight excluding hydrogens is 571 g/mol. The van der Waals surface area contributed by atoms with E-state index in [9.17, 15) is 0 Å². The van der Waals surface area contributed by atoms with Gasteiger partial charge in [-0.15, -0.1) is 0 Å². The van der Waals surface area contributed by atoms with E-state index in [0.717, 1.165) is 23.1 Å². The normalized spacial score (nSPS) is 13.2. The summed E-state index contributed by atoms with van der Waals surface area (Å²) in [4.78, 5) is 15.4. The molecule has 0 N–H and O–H groups in total. The molecule has 1 aromatic heterocycles. The molecule has 3 heteroatoms. The van der Waals surface area contributed by atoms with Crippen LogP contribution in [0.5, 0.6) is 0 Å². The second-order valence-corrected chi connectivity index (χ2v) is 12.8. The molecule has 9 rings (SSSR count). The van der Waals surface area contributed by atoms with Gasteiger partial charge in [-0.05, 0) is 61.7 Å². The minimum Gasteiger partial charge on any atom is -0.208 e. The molecule has 47 heavy (non-hydrogen) atoms. The molecule has 0 bridgehead atoms. The smallest absolute Gasteiger partial charge is 0.164 e. The van der Waals surface area contributed by atoms with Crippen LogP contribution < -0.4 is 0 Å². The van der Waals surface area contributed by atoms with Crippen LogP contribution in [0.1, 0.15) is 43.5 Å². The number of fused-ring (bicyclic) bond motifs is 6. The summed E-state index contributed by atoms with van der Waals surface area (Å²) in [7, 11) is 0. The molecule has 1 heterocycles. The molecule has 0 fully saturated rings. The van der Waals surface area contributed by atoms with Crippen molar-refractivity contribution in [2.75, 3.05) is 0 Å². The van der Waals surface area contributed by atoms with Gasteiger partial charge < -0.3 is 0 Å². The first kappa shape index (κ1) is 28.8. The second kappa shape index (κ2) is 11.0. The van der Waals surface area contributed by atoms with Crippen LogP contribution in [0.4, 0.5) is 0 Å². The fraction of sp³-hybridized carbons (Fsp3) is 0.114. The average Bonchev–Trinajstić information content (AvgIpc) is 3.61. The SMILES string of the molecule is C.CC1(C)c2ccccc2-c2cc(-c3nc(-c4ccccc4)nc(-c4cccc5c4Cc4c(-c6ccccc6)cccc4-5)n3)ccc21. The maximum Gasteiger partial charge on any atom is 0.164 e. The lowest BCUT2D eigenvalue weighted by Gasteiger charge is -2.21. The quantitative estimate of drug-likeness (QED) is 0.200. The van der Waals surface area contributed by atoms with Crippen LogP contribution >= 0.6 is 0 Å². The molecule has 2 aliphatic rings. The van der Waals surface area contributed by atoms with Gasteiger partial charge in [-0.25, -0.2) is 15.0 Å². The van der Waals surface area contributed by atoms with Crippen LogP contribution in [0.3, 0.4) is 0 Å². The highest BCUT2D eigenvalue weighted by atomic mass is 15.0. The summed E-state index contributed by atoms with van der Waals surface area (Å²) in [5.41, 5.74) is 15.9. The minimum absolute atomic E-state index is 0. The highest BCUT2D eigenvalue weighted by Crippen LogP contribution is 2.49. The van der Waals surface area contributed by atoms with Crippen molar-refractivity contribution in [3.8, 4) is 67.5 Å². The van der Waals surface area contributed by atoms with Gasteiger partial charge in [0.05, 0.1) is 0 Å². The van der Waals surface area contributed by atoms with Crippen molar-refractivity contribution in [2.45, 2.75) is 33.1 Å². The van der Waals surface area contributed by atoms with Gasteiger partial charge in [0.1, 0.15) is 0 Å². The minimum atomic E-state index is -0.0535. The molecule has 0 atom stereocenters. The summed E-state index contributed by atoms with van der Waals surface area (Å²) in [5, 5.41) is 0. The molecule has 0 saturated carbocycles. The summed E-state index contributed by atoms with van der Waals surface area (Å²) < 4.78 is 0. The van der Waals surface area contributed by atoms with Crippen molar-refractivity contribution >= 4 is 0 Å². The van der Waals surface area contributed by atoms with Crippen LogP contribution in [0.25, 0.3) is 67.5 Å². The number of hydrogen-bond acceptors (Lipinski definition) is 3. The largest absolute Gasteiger partial charge is 0.208 e. The van der Waals surface area contributed by atoms with Crippen LogP contribution in [0, 0.1) is 0 Å². The standard InChI is InChI=1S/C43H31N3.CH4/c1-43(2)38-22-10-9-17-33(38)37-25-29(23-24-39(37)43)41-44-40(28-15-7-4-8-16-28)45-42(46-41)34-21-12-20-32-31-19-11-18-30(35(31)26-36(32)34)27-13-5-3-6-14-27;/h3-25H,26H2,1-2H3;1H4. The molecule has 0 unspecified atom stereocenters. The van der Waals surface area contributed by atoms with Gasteiger partial charge in [0, 0.05) is 28.5 Å². The molecule has 7 aromatic rings. The number of hydrogen-bond donors (Lipinski definition) is 0. The van der Waals surface area contributed by atoms with Crippen molar-refractivity contribution in [2.24, 2.45) is 0 Å². The Morgan fingerprint density at radius 2 is 0.915 bits per heavy atom. The van der Waals surface area contributed by atoms with Crippen LogP contribution in [-0.4, -0.2) is 15.0 Å². The Bertz CT molecular complexity index is 2300. The van der Waals surface area contributed by atoms with Crippen molar-refractivity contribution in [1.29, 1.82) is 0 Å². The maximum absolute atomic E-state index is 5.22. The van der Waals surface area contributed by atoms with Crippen LogP contribution in [-0.2, 0) is 11.8 Å². The monoisotopic (exact) mass is 605 g/mol. The predicted octanol–water partition coefficient (Wildman–Crippen LogP) is 11.1. The van der Waals surface area contributed by atoms with E-state index >= 15 is 0 Å². The third-order valence-corrected chi connectivity index (χ3v) is 9.83. The third-order valence-electron chi connectivity index (χ3n) is 9.83. The van der Waals surface area contributed by atoms with Gasteiger partial charge >= 0.3 is 0 Å². The fourth-order valence-corrected chi connectivity index (χ4v) is 7.53. The van der Waals surface area contributed by atoms with Crippen molar-refractivity contribution in [3.63, 3.8) is 0 Å². The number of benzene rings is 6. The van der Waals surface area contributed by atoms with E-state index in [4.69, 9.17) is 15.0 Å². The summed E-state index contributed by atoms with van der Waals surface area (Å²) in [5.74, 6) is 2.07. The Hall–Kier alpha value is -5.67. The lowest BCUT2D eigenvalue weighted by molar-refractivity contribution is 0.660. The number of nitrogens with zero attached hydrogens (tertiary/aromatic N) is 3. The zero-order valence-electron chi connectivity index (χ0n) is 25.8. The lowest BCUT2D eigenvalue weighted by Crippen LogP contribution is -2.14. The highest BCUT2D eigenvalue weighted by Gasteiger charge is 2.35. The molecule has 3 nitrogen and oxygen atoms in total. The van der Waals surface area contributed by atoms with E-state index in [1.165, 1.54) is 55.6 Å². The number of aromatic nitrogens is 3. The topological polar surface area (TPSA) is 38.7 Å². The summed E-state index contributed by atoms with van der Waals surface area (Å²) >= 11 is 0. The molecular formula is C44H35N3. The van der Waals surface area contributed by atoms with Crippen molar-refractivity contribution in [3.05, 3.63) is 162 Å². The van der Waals surface area contributed by atoms with Gasteiger partial charge in [0.15, 0.2) is 17.5 Å². The second-order valence-electron chi connectivity index (χ2n) is 12.8. The third kappa shape index (κ3) is 4.53. The zero-order valence-corrected chi connectivity index (χ0v) is 25.8. The van der Waals surface area contributed by atoms with Crippen molar-refractivity contribution < 1.29 is 0 Å². The Kier molecular flexibility index (Phi) is 6.73. The zero-order chi connectivity index (χ0) is 30.8. The molecule has 0 saturated heterocycles. The van der Waals surface area contributed by atoms with Gasteiger partial charge in [-0.1, -0.05) is 155 Å². The Morgan fingerprint density at radius 1 is 0.404 bits per heavy atom. The first-order valence-electron chi connectivity index (χ1n) is 15.9. The maximum atomic E-state index is 5.22. The molecule has 0 amide bonds. The van der Waals surface area contributed by atoms with Gasteiger partial charge in [0.2, 0.25) is 0 Å². The van der Waals surface area contributed by atoms with E-state index < -0.39 is 0 Å². The van der Waals surface area contributed by atoms with Crippen LogP contribution in [0.15, 0.2) is 140 Å². The molecule has 2 aliphatic carbocycles. The summed E-state index contributed by atoms with van der Waals surface area (Å²) in [6.45, 7) is 4.62. The van der Waals surface area contributed by atoms with Gasteiger partial charge in [0.25, 0.3) is 0 Å². The Balaban J connectivity index is 0.00000324. The molecule has 0 radical (unpaired) electrons. The predicted molar refractivity (Wildman–Crippen MR) is 194 cm³/mol. The first-order valence-corrected chi connectivity index (χ1v) is 15.9. The van der Waals surface area contributed by atoms with Gasteiger partial charge in [-0.2, -0.15) is 0 Å². The fourth-order valence-electron chi connectivity index (χ4n) is 7.53. The van der Waals surface area contributed by atoms with Crippen molar-refractivity contribution in [1.82, 2.24) is 15.0 Å². The van der Waals surface area contributed by atoms with E-state index in [0.29, 0.717) is 17.5 Å². The summed E-state index contributed by atoms with van der Waals surface area (Å²) in [6, 6.07) is 49.6. The van der Waals surface area contributed by atoms with Crippen LogP contribution in [0.2, 0.25) is 0 Å². The first-order chi connectivity index (χ1) is 22.6. The Morgan fingerprint density at radius 3 is 1.64 bits per heavy atom. The lowest BCUT2D eigenvalue weighted by atomic mass is 9.82. The molecule has 0 aliphatic heterocycles. The average molecular weight is 606 g/mol. The highest BCUT2D eigenvalue weighted by molar-refractivity contribution is 5.89. The van der Waals surface area contributed by atoms with E-state index in [1.54, 1.807) is 0 Å². The van der Waals surface area contributed by atoms with E-state index in [1.807, 2.05) is 18.2 Å².